The Morgan fingerprint density at radius 3 is 2.81 bits per heavy atom. The van der Waals surface area contributed by atoms with Crippen molar-refractivity contribution >= 4 is 27.3 Å². The van der Waals surface area contributed by atoms with Gasteiger partial charge in [0.05, 0.1) is 16.3 Å². The largest absolute Gasteiger partial charge is 0.363 e. The number of rotatable bonds is 7. The summed E-state index contributed by atoms with van der Waals surface area (Å²) in [5, 5.41) is 0.972. The lowest BCUT2D eigenvalue weighted by molar-refractivity contribution is -0.120. The molecule has 0 saturated carbocycles. The number of aromatic nitrogens is 1. The van der Waals surface area contributed by atoms with Crippen LogP contribution in [0, 0.1) is 11.8 Å². The number of hydrogen-bond donors (Lipinski definition) is 0. The molecule has 1 aliphatic heterocycles. The van der Waals surface area contributed by atoms with Gasteiger partial charge in [-0.3, -0.25) is 4.79 Å². The third-order valence-corrected chi connectivity index (χ3v) is 6.51. The van der Waals surface area contributed by atoms with E-state index >= 15 is 0 Å². The van der Waals surface area contributed by atoms with Gasteiger partial charge in [0.1, 0.15) is 24.3 Å². The molecule has 0 aliphatic carbocycles. The van der Waals surface area contributed by atoms with Crippen molar-refractivity contribution < 1.29 is 14.3 Å². The Morgan fingerprint density at radius 2 is 2.03 bits per heavy atom. The van der Waals surface area contributed by atoms with Gasteiger partial charge in [-0.1, -0.05) is 36.1 Å². The van der Waals surface area contributed by atoms with Crippen LogP contribution in [0.5, 0.6) is 0 Å². The molecule has 2 aromatic carbocycles. The van der Waals surface area contributed by atoms with Crippen LogP contribution < -0.4 is 0 Å². The van der Waals surface area contributed by atoms with Crippen molar-refractivity contribution in [2.45, 2.75) is 32.0 Å². The molecule has 0 bridgehead atoms. The summed E-state index contributed by atoms with van der Waals surface area (Å²) in [6.45, 7) is 3.92. The van der Waals surface area contributed by atoms with E-state index in [1.54, 1.807) is 11.3 Å². The van der Waals surface area contributed by atoms with Crippen molar-refractivity contribution in [3.63, 3.8) is 0 Å². The molecule has 1 saturated heterocycles. The number of Topliss-reactive ketones (excluding diaryl/α,β-unsaturated/α-hetero) is 1. The highest BCUT2D eigenvalue weighted by molar-refractivity contribution is 7.18. The molecule has 1 aromatic heterocycles. The van der Waals surface area contributed by atoms with Gasteiger partial charge in [0.25, 0.3) is 0 Å². The fourth-order valence-corrected chi connectivity index (χ4v) is 4.79. The van der Waals surface area contributed by atoms with E-state index in [1.807, 2.05) is 30.3 Å². The zero-order valence-electron chi connectivity index (χ0n) is 18.5. The maximum atomic E-state index is 11.0. The van der Waals surface area contributed by atoms with Crippen molar-refractivity contribution in [3.05, 3.63) is 64.7 Å². The van der Waals surface area contributed by atoms with Gasteiger partial charge in [-0.25, -0.2) is 4.98 Å². The van der Waals surface area contributed by atoms with Crippen LogP contribution in [0.15, 0.2) is 48.5 Å². The lowest BCUT2D eigenvalue weighted by atomic mass is 10.0. The molecule has 6 heteroatoms. The zero-order chi connectivity index (χ0) is 22.3. The number of ether oxygens (including phenoxy) is 2. The summed E-state index contributed by atoms with van der Waals surface area (Å²) in [5.41, 5.74) is 2.95. The van der Waals surface area contributed by atoms with E-state index in [0.717, 1.165) is 52.3 Å². The quantitative estimate of drug-likeness (QED) is 0.395. The maximum Gasteiger partial charge on any atom is 0.155 e. The number of likely N-dealkylation sites (tertiary alicyclic amines) is 1. The third-order valence-electron chi connectivity index (χ3n) is 5.43. The Kier molecular flexibility index (Phi) is 7.67. The van der Waals surface area contributed by atoms with Crippen LogP contribution in [0.1, 0.15) is 42.0 Å². The summed E-state index contributed by atoms with van der Waals surface area (Å²) in [6.07, 6.45) is 2.02. The first-order valence-corrected chi connectivity index (χ1v) is 11.8. The second-order valence-electron chi connectivity index (χ2n) is 8.16. The Balaban J connectivity index is 1.58. The van der Waals surface area contributed by atoms with Crippen LogP contribution in [0.3, 0.4) is 0 Å². The average molecular weight is 449 g/mol. The minimum atomic E-state index is -0.225. The number of fused-ring (bicyclic) bond motifs is 1. The van der Waals surface area contributed by atoms with Gasteiger partial charge in [0.2, 0.25) is 0 Å². The van der Waals surface area contributed by atoms with Gasteiger partial charge in [-0.15, -0.1) is 11.3 Å². The van der Waals surface area contributed by atoms with Gasteiger partial charge in [0, 0.05) is 18.7 Å². The van der Waals surface area contributed by atoms with E-state index < -0.39 is 0 Å². The molecule has 0 spiro atoms. The van der Waals surface area contributed by atoms with Crippen LogP contribution in [0.4, 0.5) is 0 Å². The molecule has 3 aromatic rings. The molecule has 1 fully saturated rings. The summed E-state index contributed by atoms with van der Waals surface area (Å²) in [4.78, 5) is 18.2. The van der Waals surface area contributed by atoms with Crippen molar-refractivity contribution in [1.82, 2.24) is 9.88 Å². The second-order valence-corrected chi connectivity index (χ2v) is 9.22. The van der Waals surface area contributed by atoms with Gasteiger partial charge < -0.3 is 14.4 Å². The smallest absolute Gasteiger partial charge is 0.155 e. The molecule has 0 N–H and O–H groups in total. The first-order valence-electron chi connectivity index (χ1n) is 10.9. The summed E-state index contributed by atoms with van der Waals surface area (Å²) < 4.78 is 13.1. The van der Waals surface area contributed by atoms with E-state index in [9.17, 15) is 4.79 Å². The Hall–Kier alpha value is -2.56. The van der Waals surface area contributed by atoms with E-state index in [4.69, 9.17) is 14.5 Å². The van der Waals surface area contributed by atoms with E-state index in [0.29, 0.717) is 0 Å². The minimum Gasteiger partial charge on any atom is -0.363 e. The average Bonchev–Trinajstić information content (AvgIpc) is 3.22. The van der Waals surface area contributed by atoms with Crippen molar-refractivity contribution in [2.24, 2.45) is 0 Å². The van der Waals surface area contributed by atoms with Crippen LogP contribution in [-0.2, 0) is 14.3 Å². The number of thiazole rings is 1. The molecule has 5 nitrogen and oxygen atoms in total. The predicted octanol–water partition coefficient (Wildman–Crippen LogP) is 4.45. The van der Waals surface area contributed by atoms with Crippen LogP contribution >= 0.6 is 11.3 Å². The molecular weight excluding hydrogens is 420 g/mol. The first kappa shape index (κ1) is 22.6. The number of para-hydroxylation sites is 1. The fraction of sp³-hybridized carbons (Fsp3) is 0.385. The molecule has 32 heavy (non-hydrogen) atoms. The molecule has 1 aliphatic rings. The molecule has 4 rings (SSSR count). The maximum absolute atomic E-state index is 11.0. The predicted molar refractivity (Wildman–Crippen MR) is 128 cm³/mol. The number of carbonyl (C=O) groups excluding carboxylic acids is 1. The Morgan fingerprint density at radius 1 is 1.22 bits per heavy atom. The van der Waals surface area contributed by atoms with Crippen LogP contribution in [0.25, 0.3) is 10.2 Å². The van der Waals surface area contributed by atoms with E-state index in [1.165, 1.54) is 6.92 Å². The number of piperidine rings is 1. The highest BCUT2D eigenvalue weighted by Crippen LogP contribution is 2.35. The number of nitrogens with zero attached hydrogens (tertiary/aromatic N) is 2. The van der Waals surface area contributed by atoms with Gasteiger partial charge in [0.15, 0.2) is 5.78 Å². The molecule has 166 valence electrons. The van der Waals surface area contributed by atoms with Crippen LogP contribution in [-0.4, -0.2) is 55.1 Å². The normalized spacial score (nSPS) is 15.9. The number of hydrogen-bond acceptors (Lipinski definition) is 6. The number of carbonyl (C=O) groups is 1. The molecule has 1 atom stereocenters. The van der Waals surface area contributed by atoms with Gasteiger partial charge >= 0.3 is 0 Å². The lowest BCUT2D eigenvalue weighted by Crippen LogP contribution is -2.35. The summed E-state index contributed by atoms with van der Waals surface area (Å²) in [7, 11) is 2.16. The SMILES string of the molecule is CC(=O)COCC#Cc1cccc(C(OC2CCN(C)CC2)c2nc3ccccc3s2)c1. The standard InChI is InChI=1S/C26H28N2O3S/c1-19(29)18-30-16-6-8-20-7-5-9-21(17-20)25(31-22-12-14-28(2)15-13-22)26-27-23-10-3-4-11-24(23)32-26/h3-5,7,9-11,17,22,25H,12-16,18H2,1-2H3. The minimum absolute atomic E-state index is 0.00136. The summed E-state index contributed by atoms with van der Waals surface area (Å²) >= 11 is 1.69. The van der Waals surface area contributed by atoms with Crippen LogP contribution in [0.2, 0.25) is 0 Å². The van der Waals surface area contributed by atoms with Gasteiger partial charge in [-0.2, -0.15) is 0 Å². The van der Waals surface area contributed by atoms with Crippen molar-refractivity contribution in [1.29, 1.82) is 0 Å². The summed E-state index contributed by atoms with van der Waals surface area (Å²) in [5.74, 6) is 6.12. The fourth-order valence-electron chi connectivity index (χ4n) is 3.76. The lowest BCUT2D eigenvalue weighted by Gasteiger charge is -2.31. The van der Waals surface area contributed by atoms with E-state index in [2.05, 4.69) is 42.0 Å². The zero-order valence-corrected chi connectivity index (χ0v) is 19.4. The highest BCUT2D eigenvalue weighted by Gasteiger charge is 2.26. The second kappa shape index (κ2) is 10.8. The summed E-state index contributed by atoms with van der Waals surface area (Å²) in [6, 6.07) is 16.4. The van der Waals surface area contributed by atoms with Crippen molar-refractivity contribution in [3.8, 4) is 11.8 Å². The molecule has 1 unspecified atom stereocenters. The Labute approximate surface area is 193 Å². The van der Waals surface area contributed by atoms with Gasteiger partial charge in [-0.05, 0) is 56.6 Å². The molecule has 2 heterocycles. The number of ketones is 1. The molecular formula is C26H28N2O3S. The third kappa shape index (κ3) is 6.02. The number of benzene rings is 2. The monoisotopic (exact) mass is 448 g/mol. The topological polar surface area (TPSA) is 51.7 Å². The highest BCUT2D eigenvalue weighted by atomic mass is 32.1. The molecule has 0 radical (unpaired) electrons. The molecule has 0 amide bonds. The van der Waals surface area contributed by atoms with E-state index in [-0.39, 0.29) is 31.2 Å². The van der Waals surface area contributed by atoms with Crippen molar-refractivity contribution in [2.75, 3.05) is 33.4 Å². The first-order chi connectivity index (χ1) is 15.6. The Bertz CT molecular complexity index is 1090.